The van der Waals surface area contributed by atoms with Gasteiger partial charge in [0.1, 0.15) is 0 Å². The van der Waals surface area contributed by atoms with Gasteiger partial charge in [-0.15, -0.1) is 0 Å². The first-order valence-electron chi connectivity index (χ1n) is 3.26. The lowest BCUT2D eigenvalue weighted by Gasteiger charge is -2.07. The number of hydrogen-bond acceptors (Lipinski definition) is 2. The van der Waals surface area contributed by atoms with Gasteiger partial charge in [-0.25, -0.2) is 0 Å². The normalized spacial score (nSPS) is 9.67. The van der Waals surface area contributed by atoms with E-state index in [1.807, 2.05) is 22.6 Å². The molecule has 0 N–H and O–H groups in total. The Balaban J connectivity index is 3.24. The van der Waals surface area contributed by atoms with E-state index in [4.69, 9.17) is 9.47 Å². The van der Waals surface area contributed by atoms with Gasteiger partial charge in [-0.05, 0) is 34.7 Å². The monoisotopic (exact) mass is 282 g/mol. The van der Waals surface area contributed by atoms with E-state index in [0.717, 1.165) is 3.57 Å². The summed E-state index contributed by atoms with van der Waals surface area (Å²) >= 11 is 2.00. The fourth-order valence-corrected chi connectivity index (χ4v) is 1.50. The molecule has 0 unspecified atom stereocenters. The third-order valence-electron chi connectivity index (χ3n) is 1.44. The van der Waals surface area contributed by atoms with Gasteiger partial charge in [0.15, 0.2) is 11.5 Å². The fraction of sp³-hybridized carbons (Fsp3) is 0.250. The van der Waals surface area contributed by atoms with Crippen LogP contribution in [0.25, 0.3) is 0 Å². The molecule has 0 aromatic heterocycles. The van der Waals surface area contributed by atoms with Crippen molar-refractivity contribution in [3.63, 3.8) is 0 Å². The number of rotatable bonds is 2. The largest absolute Gasteiger partial charge is 0.494 e. The molecule has 2 nitrogen and oxygen atoms in total. The van der Waals surface area contributed by atoms with Crippen molar-refractivity contribution in [2.45, 2.75) is 0 Å². The Morgan fingerprint density at radius 1 is 1.25 bits per heavy atom. The first-order chi connectivity index (χ1) is 5.70. The molecule has 1 rings (SSSR count). The SMILES string of the molecule is COc1ccc(I)c(OC)c1F. The van der Waals surface area contributed by atoms with Gasteiger partial charge in [0.2, 0.25) is 5.82 Å². The average Bonchev–Trinajstić information content (AvgIpc) is 2.06. The average molecular weight is 282 g/mol. The first-order valence-corrected chi connectivity index (χ1v) is 4.34. The molecule has 0 spiro atoms. The van der Waals surface area contributed by atoms with Gasteiger partial charge < -0.3 is 9.47 Å². The number of hydrogen-bond donors (Lipinski definition) is 0. The number of halogens is 2. The minimum atomic E-state index is -0.452. The van der Waals surface area contributed by atoms with Crippen LogP contribution in [0.5, 0.6) is 11.5 Å². The number of ether oxygens (including phenoxy) is 2. The molecule has 12 heavy (non-hydrogen) atoms. The van der Waals surface area contributed by atoms with Crippen LogP contribution >= 0.6 is 22.6 Å². The number of benzene rings is 1. The minimum absolute atomic E-state index is 0.201. The van der Waals surface area contributed by atoms with Crippen LogP contribution < -0.4 is 9.47 Å². The summed E-state index contributed by atoms with van der Waals surface area (Å²) in [7, 11) is 2.85. The van der Waals surface area contributed by atoms with Crippen LogP contribution in [0.1, 0.15) is 0 Å². The predicted octanol–water partition coefficient (Wildman–Crippen LogP) is 2.45. The molecule has 1 aromatic rings. The van der Waals surface area contributed by atoms with Gasteiger partial charge in [0.05, 0.1) is 17.8 Å². The van der Waals surface area contributed by atoms with Crippen LogP contribution in [0.3, 0.4) is 0 Å². The molecule has 0 amide bonds. The van der Waals surface area contributed by atoms with Crippen molar-refractivity contribution in [2.24, 2.45) is 0 Å². The second-order valence-electron chi connectivity index (χ2n) is 2.10. The highest BCUT2D eigenvalue weighted by atomic mass is 127. The second-order valence-corrected chi connectivity index (χ2v) is 3.26. The zero-order chi connectivity index (χ0) is 9.14. The zero-order valence-corrected chi connectivity index (χ0v) is 8.88. The highest BCUT2D eigenvalue weighted by Crippen LogP contribution is 2.30. The fourth-order valence-electron chi connectivity index (χ4n) is 0.859. The second kappa shape index (κ2) is 3.93. The van der Waals surface area contributed by atoms with E-state index in [1.165, 1.54) is 14.2 Å². The smallest absolute Gasteiger partial charge is 0.207 e. The summed E-state index contributed by atoms with van der Waals surface area (Å²) in [6, 6.07) is 3.31. The molecule has 0 radical (unpaired) electrons. The van der Waals surface area contributed by atoms with Crippen LogP contribution in [-0.2, 0) is 0 Å². The summed E-state index contributed by atoms with van der Waals surface area (Å²) in [6.45, 7) is 0. The van der Waals surface area contributed by atoms with Gasteiger partial charge in [-0.3, -0.25) is 0 Å². The Morgan fingerprint density at radius 3 is 2.42 bits per heavy atom. The van der Waals surface area contributed by atoms with Crippen molar-refractivity contribution in [3.8, 4) is 11.5 Å². The standard InChI is InChI=1S/C8H8FIO2/c1-11-6-4-3-5(10)8(12-2)7(6)9/h3-4H,1-2H3. The van der Waals surface area contributed by atoms with Crippen molar-refractivity contribution in [2.75, 3.05) is 14.2 Å². The van der Waals surface area contributed by atoms with Gasteiger partial charge in [-0.2, -0.15) is 4.39 Å². The third kappa shape index (κ3) is 1.63. The quantitative estimate of drug-likeness (QED) is 0.776. The summed E-state index contributed by atoms with van der Waals surface area (Å²) in [5, 5.41) is 0. The minimum Gasteiger partial charge on any atom is -0.494 e. The van der Waals surface area contributed by atoms with Crippen LogP contribution in [-0.4, -0.2) is 14.2 Å². The molecule has 0 aliphatic carbocycles. The number of methoxy groups -OCH3 is 2. The molecule has 0 bridgehead atoms. The Morgan fingerprint density at radius 2 is 1.92 bits per heavy atom. The van der Waals surface area contributed by atoms with Crippen LogP contribution in [0.4, 0.5) is 4.39 Å². The summed E-state index contributed by atoms with van der Waals surface area (Å²) < 4.78 is 23.6. The summed E-state index contributed by atoms with van der Waals surface area (Å²) in [4.78, 5) is 0. The Labute approximate surface area is 83.8 Å². The van der Waals surface area contributed by atoms with E-state index in [9.17, 15) is 4.39 Å². The molecule has 0 saturated carbocycles. The molecule has 4 heteroatoms. The first kappa shape index (κ1) is 9.57. The van der Waals surface area contributed by atoms with Gasteiger partial charge in [0, 0.05) is 0 Å². The van der Waals surface area contributed by atoms with Crippen molar-refractivity contribution in [1.29, 1.82) is 0 Å². The van der Waals surface area contributed by atoms with E-state index < -0.39 is 5.82 Å². The highest BCUT2D eigenvalue weighted by Gasteiger charge is 2.12. The maximum atomic E-state index is 13.3. The summed E-state index contributed by atoms with van der Waals surface area (Å²) in [5.41, 5.74) is 0. The molecule has 0 saturated heterocycles. The Kier molecular flexibility index (Phi) is 3.13. The lowest BCUT2D eigenvalue weighted by Crippen LogP contribution is -1.95. The molecule has 0 fully saturated rings. The van der Waals surface area contributed by atoms with E-state index in [0.29, 0.717) is 0 Å². The van der Waals surface area contributed by atoms with Crippen LogP contribution in [0.15, 0.2) is 12.1 Å². The van der Waals surface area contributed by atoms with E-state index in [2.05, 4.69) is 0 Å². The Hall–Kier alpha value is -0.520. The van der Waals surface area contributed by atoms with Crippen molar-refractivity contribution in [1.82, 2.24) is 0 Å². The lowest BCUT2D eigenvalue weighted by molar-refractivity contribution is 0.348. The van der Waals surface area contributed by atoms with Crippen LogP contribution in [0, 0.1) is 9.39 Å². The molecule has 0 atom stereocenters. The molecule has 0 aliphatic heterocycles. The van der Waals surface area contributed by atoms with Crippen molar-refractivity contribution in [3.05, 3.63) is 21.5 Å². The van der Waals surface area contributed by atoms with Crippen molar-refractivity contribution >= 4 is 22.6 Å². The zero-order valence-electron chi connectivity index (χ0n) is 6.73. The molecule has 66 valence electrons. The predicted molar refractivity (Wildman–Crippen MR) is 52.2 cm³/mol. The lowest BCUT2D eigenvalue weighted by atomic mass is 10.3. The summed E-state index contributed by atoms with van der Waals surface area (Å²) in [5.74, 6) is -0.0193. The molecular weight excluding hydrogens is 274 g/mol. The van der Waals surface area contributed by atoms with E-state index in [-0.39, 0.29) is 11.5 Å². The van der Waals surface area contributed by atoms with Gasteiger partial charge in [0.25, 0.3) is 0 Å². The Bertz CT molecular complexity index is 289. The van der Waals surface area contributed by atoms with Crippen LogP contribution in [0.2, 0.25) is 0 Å². The molecular formula is C8H8FIO2. The summed E-state index contributed by atoms with van der Waals surface area (Å²) in [6.07, 6.45) is 0. The van der Waals surface area contributed by atoms with Gasteiger partial charge >= 0.3 is 0 Å². The maximum absolute atomic E-state index is 13.3. The van der Waals surface area contributed by atoms with Crippen molar-refractivity contribution < 1.29 is 13.9 Å². The molecule has 0 heterocycles. The van der Waals surface area contributed by atoms with E-state index in [1.54, 1.807) is 12.1 Å². The van der Waals surface area contributed by atoms with E-state index >= 15 is 0 Å². The molecule has 0 aliphatic rings. The van der Waals surface area contributed by atoms with Gasteiger partial charge in [-0.1, -0.05) is 0 Å². The maximum Gasteiger partial charge on any atom is 0.207 e. The third-order valence-corrected chi connectivity index (χ3v) is 2.29. The highest BCUT2D eigenvalue weighted by molar-refractivity contribution is 14.1. The topological polar surface area (TPSA) is 18.5 Å². The molecule has 1 aromatic carbocycles.